The van der Waals surface area contributed by atoms with Crippen molar-refractivity contribution in [3.63, 3.8) is 0 Å². The summed E-state index contributed by atoms with van der Waals surface area (Å²) < 4.78 is 36.4. The minimum atomic E-state index is -3.89. The van der Waals surface area contributed by atoms with Crippen molar-refractivity contribution in [2.45, 2.75) is 43.0 Å². The second-order valence-corrected chi connectivity index (χ2v) is 7.13. The largest absolute Gasteiger partial charge is 0.378 e. The van der Waals surface area contributed by atoms with Crippen molar-refractivity contribution in [1.29, 1.82) is 0 Å². The third-order valence-corrected chi connectivity index (χ3v) is 4.99. The molecular weight excluding hydrogens is 293 g/mol. The Morgan fingerprint density at radius 1 is 1.29 bits per heavy atom. The Morgan fingerprint density at radius 3 is 2.48 bits per heavy atom. The lowest BCUT2D eigenvalue weighted by Crippen LogP contribution is -2.37. The van der Waals surface area contributed by atoms with E-state index in [9.17, 15) is 12.8 Å². The van der Waals surface area contributed by atoms with Crippen molar-refractivity contribution < 1.29 is 12.8 Å². The summed E-state index contributed by atoms with van der Waals surface area (Å²) in [6.07, 6.45) is 5.77. The van der Waals surface area contributed by atoms with Crippen LogP contribution in [-0.4, -0.2) is 21.0 Å². The van der Waals surface area contributed by atoms with Crippen LogP contribution in [0.25, 0.3) is 0 Å². The van der Waals surface area contributed by atoms with Gasteiger partial charge in [0.05, 0.1) is 10.6 Å². The topological polar surface area (TPSA) is 98.2 Å². The summed E-state index contributed by atoms with van der Waals surface area (Å²) in [6.45, 7) is 0.418. The number of sulfonamides is 1. The van der Waals surface area contributed by atoms with Crippen LogP contribution in [0.5, 0.6) is 0 Å². The highest BCUT2D eigenvalue weighted by Gasteiger charge is 2.23. The van der Waals surface area contributed by atoms with E-state index in [0.29, 0.717) is 12.5 Å². The van der Waals surface area contributed by atoms with Crippen LogP contribution in [-0.2, 0) is 10.0 Å². The zero-order chi connectivity index (χ0) is 15.5. The molecule has 0 saturated heterocycles. The molecule has 1 aromatic carbocycles. The van der Waals surface area contributed by atoms with Crippen molar-refractivity contribution in [2.75, 3.05) is 11.9 Å². The average Bonchev–Trinajstić information content (AvgIpc) is 2.46. The predicted molar refractivity (Wildman–Crippen MR) is 80.8 cm³/mol. The molecule has 1 saturated carbocycles. The van der Waals surface area contributed by atoms with Gasteiger partial charge in [-0.15, -0.1) is 0 Å². The van der Waals surface area contributed by atoms with Crippen LogP contribution in [0.3, 0.4) is 0 Å². The molecule has 118 valence electrons. The number of nitrogens with one attached hydrogen (secondary N) is 1. The molecule has 1 aliphatic carbocycles. The van der Waals surface area contributed by atoms with Crippen LogP contribution in [0.1, 0.15) is 32.1 Å². The third-order valence-electron chi connectivity index (χ3n) is 4.08. The summed E-state index contributed by atoms with van der Waals surface area (Å²) in [5.41, 5.74) is 6.07. The average molecular weight is 315 g/mol. The van der Waals surface area contributed by atoms with Gasteiger partial charge in [-0.25, -0.2) is 17.9 Å². The predicted octanol–water partition coefficient (Wildman–Crippen LogP) is 1.79. The molecule has 5 N–H and O–H groups in total. The van der Waals surface area contributed by atoms with Gasteiger partial charge in [-0.05, 0) is 37.0 Å². The summed E-state index contributed by atoms with van der Waals surface area (Å²) in [4.78, 5) is -0.229. The van der Waals surface area contributed by atoms with Gasteiger partial charge in [0.2, 0.25) is 10.0 Å². The Balaban J connectivity index is 2.14. The molecule has 1 fully saturated rings. The Bertz CT molecular complexity index is 586. The molecule has 0 aliphatic heterocycles. The minimum absolute atomic E-state index is 0.000124. The van der Waals surface area contributed by atoms with E-state index in [1.54, 1.807) is 0 Å². The third kappa shape index (κ3) is 4.15. The Morgan fingerprint density at radius 2 is 1.95 bits per heavy atom. The molecule has 0 heterocycles. The lowest BCUT2D eigenvalue weighted by molar-refractivity contribution is 0.320. The summed E-state index contributed by atoms with van der Waals surface area (Å²) >= 11 is 0. The number of anilines is 1. The van der Waals surface area contributed by atoms with Crippen LogP contribution in [0.4, 0.5) is 10.1 Å². The number of benzene rings is 1. The number of nitrogens with two attached hydrogens (primary N) is 2. The Labute approximate surface area is 125 Å². The molecule has 0 spiro atoms. The lowest BCUT2D eigenvalue weighted by Gasteiger charge is -2.31. The SMILES string of the molecule is NCC(Nc1ccc(S(N)(=O)=O)cc1F)C1CCCCC1. The molecule has 0 aromatic heterocycles. The van der Waals surface area contributed by atoms with Gasteiger partial charge in [-0.2, -0.15) is 0 Å². The normalized spacial score (nSPS) is 18.4. The van der Waals surface area contributed by atoms with Gasteiger partial charge < -0.3 is 11.1 Å². The van der Waals surface area contributed by atoms with Crippen LogP contribution in [0.15, 0.2) is 23.1 Å². The Kier molecular flexibility index (Phi) is 5.18. The van der Waals surface area contributed by atoms with Gasteiger partial charge in [0.1, 0.15) is 5.82 Å². The fourth-order valence-electron chi connectivity index (χ4n) is 2.90. The molecule has 21 heavy (non-hydrogen) atoms. The smallest absolute Gasteiger partial charge is 0.238 e. The number of rotatable bonds is 5. The molecular formula is C14H22FN3O2S. The van der Waals surface area contributed by atoms with E-state index in [4.69, 9.17) is 10.9 Å². The van der Waals surface area contributed by atoms with Gasteiger partial charge in [0, 0.05) is 12.6 Å². The molecule has 7 heteroatoms. The second kappa shape index (κ2) is 6.72. The van der Waals surface area contributed by atoms with Gasteiger partial charge in [0.15, 0.2) is 0 Å². The second-order valence-electron chi connectivity index (χ2n) is 5.57. The molecule has 1 unspecified atom stereocenters. The van der Waals surface area contributed by atoms with Gasteiger partial charge in [0.25, 0.3) is 0 Å². The van der Waals surface area contributed by atoms with E-state index in [0.717, 1.165) is 18.9 Å². The Hall–Kier alpha value is -1.18. The molecule has 0 bridgehead atoms. The summed E-state index contributed by atoms with van der Waals surface area (Å²) in [5.74, 6) is -0.197. The molecule has 5 nitrogen and oxygen atoms in total. The molecule has 1 aliphatic rings. The number of halogens is 1. The maximum atomic E-state index is 14.0. The zero-order valence-corrected chi connectivity index (χ0v) is 12.7. The highest BCUT2D eigenvalue weighted by atomic mass is 32.2. The van der Waals surface area contributed by atoms with Crippen LogP contribution >= 0.6 is 0 Å². The fraction of sp³-hybridized carbons (Fsp3) is 0.571. The van der Waals surface area contributed by atoms with Crippen molar-refractivity contribution in [3.8, 4) is 0 Å². The van der Waals surface area contributed by atoms with Crippen LogP contribution in [0, 0.1) is 11.7 Å². The first kappa shape index (κ1) is 16.2. The van der Waals surface area contributed by atoms with E-state index in [-0.39, 0.29) is 16.6 Å². The highest BCUT2D eigenvalue weighted by molar-refractivity contribution is 7.89. The van der Waals surface area contributed by atoms with Crippen LogP contribution in [0.2, 0.25) is 0 Å². The summed E-state index contributed by atoms with van der Waals surface area (Å²) in [5, 5.41) is 8.09. The molecule has 1 atom stereocenters. The lowest BCUT2D eigenvalue weighted by atomic mass is 9.84. The van der Waals surface area contributed by atoms with Gasteiger partial charge in [-0.3, -0.25) is 0 Å². The zero-order valence-electron chi connectivity index (χ0n) is 11.9. The number of hydrogen-bond acceptors (Lipinski definition) is 4. The monoisotopic (exact) mass is 315 g/mol. The molecule has 0 amide bonds. The first-order chi connectivity index (χ1) is 9.91. The standard InChI is InChI=1S/C14H22FN3O2S/c15-12-8-11(21(17,19)20)6-7-13(12)18-14(9-16)10-4-2-1-3-5-10/h6-8,10,14,18H,1-5,9,16H2,(H2,17,19,20). The van der Waals surface area contributed by atoms with Crippen molar-refractivity contribution in [2.24, 2.45) is 16.8 Å². The van der Waals surface area contributed by atoms with E-state index < -0.39 is 15.8 Å². The van der Waals surface area contributed by atoms with E-state index in [1.807, 2.05) is 0 Å². The van der Waals surface area contributed by atoms with Gasteiger partial charge >= 0.3 is 0 Å². The van der Waals surface area contributed by atoms with Crippen molar-refractivity contribution in [3.05, 3.63) is 24.0 Å². The first-order valence-corrected chi connectivity index (χ1v) is 8.75. The quantitative estimate of drug-likeness (QED) is 0.771. The van der Waals surface area contributed by atoms with E-state index in [2.05, 4.69) is 5.32 Å². The molecule has 2 rings (SSSR count). The maximum absolute atomic E-state index is 14.0. The van der Waals surface area contributed by atoms with Crippen molar-refractivity contribution in [1.82, 2.24) is 0 Å². The summed E-state index contributed by atoms with van der Waals surface area (Å²) in [6, 6.07) is 3.64. The first-order valence-electron chi connectivity index (χ1n) is 7.21. The van der Waals surface area contributed by atoms with Crippen molar-refractivity contribution >= 4 is 15.7 Å². The number of hydrogen-bond donors (Lipinski definition) is 3. The molecule has 1 aromatic rings. The van der Waals surface area contributed by atoms with E-state index >= 15 is 0 Å². The minimum Gasteiger partial charge on any atom is -0.378 e. The fourth-order valence-corrected chi connectivity index (χ4v) is 3.42. The van der Waals surface area contributed by atoms with Gasteiger partial charge in [-0.1, -0.05) is 19.3 Å². The number of primary sulfonamides is 1. The van der Waals surface area contributed by atoms with Crippen LogP contribution < -0.4 is 16.2 Å². The van der Waals surface area contributed by atoms with E-state index in [1.165, 1.54) is 31.4 Å². The highest BCUT2D eigenvalue weighted by Crippen LogP contribution is 2.29. The molecule has 0 radical (unpaired) electrons. The summed E-state index contributed by atoms with van der Waals surface area (Å²) in [7, 11) is -3.89. The maximum Gasteiger partial charge on any atom is 0.238 e.